The molecule has 11 heavy (non-hydrogen) atoms. The predicted molar refractivity (Wildman–Crippen MR) is 36.2 cm³/mol. The normalized spacial score (nSPS) is 13.5. The van der Waals surface area contributed by atoms with Crippen LogP contribution < -0.4 is 0 Å². The van der Waals surface area contributed by atoms with Gasteiger partial charge in [-0.05, 0) is 4.31 Å². The molecule has 0 aliphatic carbocycles. The van der Waals surface area contributed by atoms with E-state index in [1.165, 1.54) is 0 Å². The van der Waals surface area contributed by atoms with Crippen molar-refractivity contribution in [2.75, 3.05) is 6.51 Å². The van der Waals surface area contributed by atoms with E-state index >= 15 is 0 Å². The van der Waals surface area contributed by atoms with Gasteiger partial charge in [0.25, 0.3) is 0 Å². The van der Waals surface area contributed by atoms with Crippen LogP contribution in [0.1, 0.15) is 0 Å². The van der Waals surface area contributed by atoms with E-state index in [0.717, 1.165) is 0 Å². The molecule has 10 heteroatoms. The van der Waals surface area contributed by atoms with Crippen LogP contribution in [0.3, 0.4) is 0 Å². The van der Waals surface area contributed by atoms with Crippen molar-refractivity contribution in [2.45, 2.75) is 0 Å². The van der Waals surface area contributed by atoms with Crippen molar-refractivity contribution in [1.29, 1.82) is 0 Å². The fourth-order valence-corrected chi connectivity index (χ4v) is 1.75. The van der Waals surface area contributed by atoms with E-state index in [0.29, 0.717) is 0 Å². The Hall–Kier alpha value is 0.485. The second kappa shape index (κ2) is 3.93. The van der Waals surface area contributed by atoms with Crippen molar-refractivity contribution in [1.82, 2.24) is 0 Å². The third-order valence-electron chi connectivity index (χ3n) is 0.455. The van der Waals surface area contributed by atoms with Crippen molar-refractivity contribution >= 4 is 23.8 Å². The maximum atomic E-state index is 9.98. The highest BCUT2D eigenvalue weighted by Crippen LogP contribution is 2.63. The molecular formula is CH6BO7P2+. The Labute approximate surface area is 64.3 Å². The molecular weight excluding hydrogens is 197 g/mol. The van der Waals surface area contributed by atoms with Crippen molar-refractivity contribution in [3.05, 3.63) is 0 Å². The summed E-state index contributed by atoms with van der Waals surface area (Å²) in [5, 5.41) is 0. The molecule has 64 valence electrons. The lowest BCUT2D eigenvalue weighted by atomic mass is 10.2. The van der Waals surface area contributed by atoms with Crippen LogP contribution in [0.15, 0.2) is 0 Å². The van der Waals surface area contributed by atoms with E-state index in [9.17, 15) is 4.57 Å². The number of phosphoric acid groups is 1. The van der Waals surface area contributed by atoms with Crippen LogP contribution in [0, 0.1) is 0 Å². The summed E-state index contributed by atoms with van der Waals surface area (Å²) in [6.45, 7) is -0.610. The summed E-state index contributed by atoms with van der Waals surface area (Å²) in [4.78, 5) is 33.1. The number of hydrogen-bond donors (Lipinski definition) is 4. The molecule has 0 atom stereocenters. The van der Waals surface area contributed by atoms with Gasteiger partial charge in [0.05, 0.1) is 6.51 Å². The van der Waals surface area contributed by atoms with Crippen LogP contribution in [0.4, 0.5) is 0 Å². The lowest BCUT2D eigenvalue weighted by molar-refractivity contribution is 0.165. The Kier molecular flexibility index (Phi) is 4.11. The molecule has 0 amide bonds. The number of rotatable bonds is 4. The van der Waals surface area contributed by atoms with Gasteiger partial charge in [-0.25, -0.2) is 4.57 Å². The summed E-state index contributed by atoms with van der Waals surface area (Å²) in [7, 11) is -4.71. The van der Waals surface area contributed by atoms with E-state index in [2.05, 4.69) is 16.7 Å². The standard InChI is InChI=1S/CH5BO7P2/c2-1-8-11(6,7)9-10(3,4)5/h6-7H,1H2,(H-,3,4,5)/p+1. The molecule has 2 radical (unpaired) electrons. The Morgan fingerprint density at radius 1 is 1.45 bits per heavy atom. The quantitative estimate of drug-likeness (QED) is 0.338. The predicted octanol–water partition coefficient (Wildman–Crippen LogP) is -1.10. The van der Waals surface area contributed by atoms with Gasteiger partial charge in [-0.3, -0.25) is 0 Å². The Balaban J connectivity index is 4.02. The SMILES string of the molecule is [B]CO[P+](O)(O)OP(=O)(O)O. The highest BCUT2D eigenvalue weighted by molar-refractivity contribution is 7.64. The van der Waals surface area contributed by atoms with Crippen LogP contribution in [0.5, 0.6) is 0 Å². The first-order valence-corrected chi connectivity index (χ1v) is 5.29. The molecule has 0 aromatic heterocycles. The Morgan fingerprint density at radius 2 is 1.91 bits per heavy atom. The van der Waals surface area contributed by atoms with Gasteiger partial charge >= 0.3 is 16.0 Å². The first kappa shape index (κ1) is 11.5. The molecule has 0 saturated heterocycles. The molecule has 0 rings (SSSR count). The summed E-state index contributed by atoms with van der Waals surface area (Å²) in [6, 6.07) is 0. The maximum absolute atomic E-state index is 9.98. The van der Waals surface area contributed by atoms with Gasteiger partial charge in [-0.1, -0.05) is 0 Å². The van der Waals surface area contributed by atoms with Gasteiger partial charge in [0.2, 0.25) is 0 Å². The minimum absolute atomic E-state index is 0.610. The minimum Gasteiger partial charge on any atom is -0.300 e. The third kappa shape index (κ3) is 6.87. The molecule has 0 fully saturated rings. The fraction of sp³-hybridized carbons (Fsp3) is 1.00. The zero-order valence-corrected chi connectivity index (χ0v) is 6.98. The average Bonchev–Trinajstić information content (AvgIpc) is 1.55. The lowest BCUT2D eigenvalue weighted by Crippen LogP contribution is -2.01. The second-order valence-corrected chi connectivity index (χ2v) is 4.23. The highest BCUT2D eigenvalue weighted by atomic mass is 31.3. The van der Waals surface area contributed by atoms with E-state index in [1.807, 2.05) is 0 Å². The first-order chi connectivity index (χ1) is 4.77. The largest absolute Gasteiger partial charge is 0.579 e. The molecule has 0 saturated carbocycles. The zero-order chi connectivity index (χ0) is 9.12. The number of hydrogen-bond acceptors (Lipinski definition) is 5. The molecule has 4 N–H and O–H groups in total. The smallest absolute Gasteiger partial charge is 0.300 e. The topological polar surface area (TPSA) is 116 Å². The molecule has 0 aromatic carbocycles. The van der Waals surface area contributed by atoms with Gasteiger partial charge < -0.3 is 9.79 Å². The third-order valence-corrected chi connectivity index (χ3v) is 2.64. The van der Waals surface area contributed by atoms with Crippen molar-refractivity contribution < 1.29 is 33.0 Å². The van der Waals surface area contributed by atoms with Crippen molar-refractivity contribution in [3.8, 4) is 0 Å². The summed E-state index contributed by atoms with van der Waals surface area (Å²) in [5.41, 5.74) is 0. The fourth-order valence-electron chi connectivity index (χ4n) is 0.259. The van der Waals surface area contributed by atoms with E-state index in [4.69, 9.17) is 19.6 Å². The van der Waals surface area contributed by atoms with Crippen molar-refractivity contribution in [2.24, 2.45) is 0 Å². The van der Waals surface area contributed by atoms with Crippen molar-refractivity contribution in [3.63, 3.8) is 0 Å². The first-order valence-electron chi connectivity index (χ1n) is 2.23. The van der Waals surface area contributed by atoms with E-state index in [1.54, 1.807) is 0 Å². The summed E-state index contributed by atoms with van der Waals surface area (Å²) in [5.74, 6) is 0. The maximum Gasteiger partial charge on any atom is 0.579 e. The second-order valence-electron chi connectivity index (χ2n) is 1.36. The molecule has 0 aliphatic heterocycles. The monoisotopic (exact) mass is 203 g/mol. The van der Waals surface area contributed by atoms with Crippen LogP contribution in [-0.2, 0) is 13.4 Å². The highest BCUT2D eigenvalue weighted by Gasteiger charge is 2.47. The van der Waals surface area contributed by atoms with Gasteiger partial charge in [0, 0.05) is 0 Å². The van der Waals surface area contributed by atoms with Crippen LogP contribution in [0.25, 0.3) is 0 Å². The van der Waals surface area contributed by atoms with E-state index in [-0.39, 0.29) is 0 Å². The van der Waals surface area contributed by atoms with Crippen LogP contribution in [-0.4, -0.2) is 33.9 Å². The van der Waals surface area contributed by atoms with Crippen LogP contribution in [0.2, 0.25) is 0 Å². The average molecular weight is 203 g/mol. The van der Waals surface area contributed by atoms with E-state index < -0.39 is 22.5 Å². The molecule has 7 nitrogen and oxygen atoms in total. The molecule has 0 heterocycles. The van der Waals surface area contributed by atoms with Crippen LogP contribution >= 0.6 is 16.0 Å². The molecule has 0 aromatic rings. The molecule has 0 spiro atoms. The Morgan fingerprint density at radius 3 is 2.18 bits per heavy atom. The lowest BCUT2D eigenvalue weighted by Gasteiger charge is -2.07. The summed E-state index contributed by atoms with van der Waals surface area (Å²) < 4.78 is 17.3. The zero-order valence-electron chi connectivity index (χ0n) is 5.19. The minimum atomic E-state index is -4.95. The summed E-state index contributed by atoms with van der Waals surface area (Å²) in [6.07, 6.45) is 0. The van der Waals surface area contributed by atoms with Gasteiger partial charge in [0.1, 0.15) is 7.85 Å². The van der Waals surface area contributed by atoms with Gasteiger partial charge in [0.15, 0.2) is 0 Å². The van der Waals surface area contributed by atoms with Gasteiger partial charge in [-0.15, -0.1) is 0 Å². The molecule has 0 unspecified atom stereocenters. The van der Waals surface area contributed by atoms with Gasteiger partial charge in [-0.2, -0.15) is 14.3 Å². The Bertz CT molecular complexity index is 162. The molecule has 0 bridgehead atoms. The summed E-state index contributed by atoms with van der Waals surface area (Å²) >= 11 is 0. The molecule has 0 aliphatic rings.